The Balaban J connectivity index is 3.27. The Kier molecular flexibility index (Phi) is 5.59. The molecule has 0 aromatic heterocycles. The second-order valence-corrected chi connectivity index (χ2v) is 3.71. The number of carbonyl (C=O) groups is 2. The van der Waals surface area contributed by atoms with Crippen LogP contribution in [0.25, 0.3) is 6.08 Å². The van der Waals surface area contributed by atoms with Gasteiger partial charge in [-0.1, -0.05) is 18.2 Å². The number of aliphatic carboxylic acids is 1. The van der Waals surface area contributed by atoms with Gasteiger partial charge in [0.15, 0.2) is 0 Å². The summed E-state index contributed by atoms with van der Waals surface area (Å²) >= 11 is 0. The molecule has 0 amide bonds. The third-order valence-corrected chi connectivity index (χ3v) is 2.51. The highest BCUT2D eigenvalue weighted by Crippen LogP contribution is 2.14. The Bertz CT molecular complexity index is 581. The quantitative estimate of drug-likeness (QED) is 0.310. The molecule has 0 saturated heterocycles. The molecule has 0 fully saturated rings. The molecule has 0 spiro atoms. The number of benzene rings is 1. The molecule has 6 nitrogen and oxygen atoms in total. The third-order valence-electron chi connectivity index (χ3n) is 2.51. The first-order chi connectivity index (χ1) is 9.54. The summed E-state index contributed by atoms with van der Waals surface area (Å²) in [4.78, 5) is 23.0. The molecule has 1 aromatic carbocycles. The van der Waals surface area contributed by atoms with Gasteiger partial charge in [-0.3, -0.25) is 4.79 Å². The summed E-state index contributed by atoms with van der Waals surface area (Å²) in [6.45, 7) is 0. The number of ketones is 1. The minimum atomic E-state index is -1.66. The van der Waals surface area contributed by atoms with Crippen molar-refractivity contribution in [3.63, 3.8) is 0 Å². The van der Waals surface area contributed by atoms with Gasteiger partial charge in [0.05, 0.1) is 17.6 Å². The lowest BCUT2D eigenvalue weighted by Gasteiger charge is -2.15. The highest BCUT2D eigenvalue weighted by molar-refractivity contribution is 6.20. The maximum absolute atomic E-state index is 11.9. The summed E-state index contributed by atoms with van der Waals surface area (Å²) in [5, 5.41) is 20.0. The molecular formula is C14H12NO5-. The molecule has 104 valence electrons. The number of ether oxygens (including phenoxy) is 2. The predicted molar refractivity (Wildman–Crippen MR) is 67.0 cm³/mol. The van der Waals surface area contributed by atoms with Crippen molar-refractivity contribution in [2.75, 3.05) is 14.2 Å². The van der Waals surface area contributed by atoms with Crippen molar-refractivity contribution in [1.29, 1.82) is 5.26 Å². The maximum atomic E-state index is 11.9. The fraction of sp³-hybridized carbons (Fsp3) is 0.214. The molecule has 0 heterocycles. The number of carboxylic acids is 1. The number of nitriles is 1. The largest absolute Gasteiger partial charge is 0.545 e. The van der Waals surface area contributed by atoms with Crippen LogP contribution in [-0.2, 0) is 19.1 Å². The van der Waals surface area contributed by atoms with E-state index in [1.165, 1.54) is 26.4 Å². The van der Waals surface area contributed by atoms with E-state index in [0.717, 1.165) is 6.08 Å². The number of nitrogens with zero attached hydrogens (tertiary/aromatic N) is 1. The zero-order valence-electron chi connectivity index (χ0n) is 11.0. The van der Waals surface area contributed by atoms with Crippen LogP contribution in [0.1, 0.15) is 11.1 Å². The smallest absolute Gasteiger partial charge is 0.222 e. The molecule has 20 heavy (non-hydrogen) atoms. The summed E-state index contributed by atoms with van der Waals surface area (Å²) in [6.07, 6.45) is -0.269. The number of carbonyl (C=O) groups excluding carboxylic acids is 2. The average molecular weight is 274 g/mol. The molecule has 0 aliphatic carbocycles. The Hall–Kier alpha value is -2.49. The molecule has 0 radical (unpaired) electrons. The van der Waals surface area contributed by atoms with Crippen molar-refractivity contribution in [3.8, 4) is 6.07 Å². The number of rotatable bonds is 6. The standard InChI is InChI=1S/C14H13NO5/c1-19-14(20-2)12(16)11(13(17)18)7-9-5-3-4-6-10(9)8-15/h3-7,14H,1-2H3,(H,17,18)/p-1/b11-7-. The van der Waals surface area contributed by atoms with Crippen molar-refractivity contribution in [3.05, 3.63) is 41.0 Å². The molecule has 0 N–H and O–H groups in total. The first kappa shape index (κ1) is 15.6. The fourth-order valence-electron chi connectivity index (χ4n) is 1.55. The van der Waals surface area contributed by atoms with E-state index < -0.39 is 23.6 Å². The number of methoxy groups -OCH3 is 2. The lowest BCUT2D eigenvalue weighted by Crippen LogP contribution is -2.35. The van der Waals surface area contributed by atoms with Crippen LogP contribution < -0.4 is 5.11 Å². The molecule has 0 unspecified atom stereocenters. The lowest BCUT2D eigenvalue weighted by atomic mass is 10.0. The van der Waals surface area contributed by atoms with Crippen molar-refractivity contribution in [1.82, 2.24) is 0 Å². The van der Waals surface area contributed by atoms with Gasteiger partial charge < -0.3 is 19.4 Å². The summed E-state index contributed by atoms with van der Waals surface area (Å²) in [5.41, 5.74) is -0.0830. The molecule has 0 saturated carbocycles. The van der Waals surface area contributed by atoms with Gasteiger partial charge in [-0.2, -0.15) is 5.26 Å². The van der Waals surface area contributed by atoms with Crippen LogP contribution in [0.15, 0.2) is 29.8 Å². The molecule has 0 bridgehead atoms. The molecule has 0 aliphatic heterocycles. The number of Topliss-reactive ketones (excluding diaryl/α,β-unsaturated/α-hetero) is 1. The van der Waals surface area contributed by atoms with Crippen LogP contribution in [0.2, 0.25) is 0 Å². The molecule has 6 heteroatoms. The van der Waals surface area contributed by atoms with E-state index in [1.54, 1.807) is 12.1 Å². The van der Waals surface area contributed by atoms with E-state index in [1.807, 2.05) is 6.07 Å². The van der Waals surface area contributed by atoms with E-state index in [9.17, 15) is 14.7 Å². The first-order valence-corrected chi connectivity index (χ1v) is 5.57. The SMILES string of the molecule is COC(OC)C(=O)/C(=C/c1ccccc1C#N)C(=O)[O-]. The highest BCUT2D eigenvalue weighted by Gasteiger charge is 2.22. The number of hydrogen-bond acceptors (Lipinski definition) is 6. The summed E-state index contributed by atoms with van der Waals surface area (Å²) in [6, 6.07) is 8.18. The topological polar surface area (TPSA) is 99.5 Å². The van der Waals surface area contributed by atoms with E-state index in [0.29, 0.717) is 5.56 Å². The summed E-state index contributed by atoms with van der Waals surface area (Å²) < 4.78 is 9.44. The monoisotopic (exact) mass is 274 g/mol. The first-order valence-electron chi connectivity index (χ1n) is 5.57. The fourth-order valence-corrected chi connectivity index (χ4v) is 1.55. The van der Waals surface area contributed by atoms with Crippen molar-refractivity contribution >= 4 is 17.8 Å². The van der Waals surface area contributed by atoms with Crippen LogP contribution in [0.5, 0.6) is 0 Å². The Morgan fingerprint density at radius 3 is 2.40 bits per heavy atom. The van der Waals surface area contributed by atoms with E-state index in [4.69, 9.17) is 14.7 Å². The summed E-state index contributed by atoms with van der Waals surface area (Å²) in [5.74, 6) is -2.55. The van der Waals surface area contributed by atoms with Crippen LogP contribution in [0.3, 0.4) is 0 Å². The zero-order valence-corrected chi connectivity index (χ0v) is 11.0. The molecule has 0 aliphatic rings. The van der Waals surface area contributed by atoms with Gasteiger partial charge in [0, 0.05) is 19.8 Å². The van der Waals surface area contributed by atoms with Crippen LogP contribution in [-0.4, -0.2) is 32.3 Å². The predicted octanol–water partition coefficient (Wildman–Crippen LogP) is -0.120. The Morgan fingerprint density at radius 1 is 1.30 bits per heavy atom. The molecule has 0 atom stereocenters. The van der Waals surface area contributed by atoms with Gasteiger partial charge in [0.2, 0.25) is 12.1 Å². The van der Waals surface area contributed by atoms with Crippen molar-refractivity contribution in [2.45, 2.75) is 6.29 Å². The zero-order chi connectivity index (χ0) is 15.1. The van der Waals surface area contributed by atoms with E-state index >= 15 is 0 Å². The van der Waals surface area contributed by atoms with Gasteiger partial charge in [0.25, 0.3) is 0 Å². The van der Waals surface area contributed by atoms with Crippen LogP contribution in [0, 0.1) is 11.3 Å². The van der Waals surface area contributed by atoms with Crippen LogP contribution in [0.4, 0.5) is 0 Å². The molecule has 1 aromatic rings. The third kappa shape index (κ3) is 3.51. The Labute approximate surface area is 115 Å². The van der Waals surface area contributed by atoms with Gasteiger partial charge in [0.1, 0.15) is 0 Å². The number of carboxylic acid groups (broad SMARTS) is 1. The van der Waals surface area contributed by atoms with Crippen LogP contribution >= 0.6 is 0 Å². The lowest BCUT2D eigenvalue weighted by molar-refractivity contribution is -0.298. The second-order valence-electron chi connectivity index (χ2n) is 3.71. The second kappa shape index (κ2) is 7.19. The normalized spacial score (nSPS) is 11.2. The average Bonchev–Trinajstić information content (AvgIpc) is 2.45. The minimum Gasteiger partial charge on any atom is -0.545 e. The van der Waals surface area contributed by atoms with E-state index in [-0.39, 0.29) is 5.56 Å². The summed E-state index contributed by atoms with van der Waals surface area (Å²) in [7, 11) is 2.42. The number of hydrogen-bond donors (Lipinski definition) is 0. The van der Waals surface area contributed by atoms with Crippen molar-refractivity contribution in [2.24, 2.45) is 0 Å². The Morgan fingerprint density at radius 2 is 1.90 bits per heavy atom. The van der Waals surface area contributed by atoms with E-state index in [2.05, 4.69) is 0 Å². The van der Waals surface area contributed by atoms with Crippen molar-refractivity contribution < 1.29 is 24.2 Å². The maximum Gasteiger partial charge on any atom is 0.222 e. The van der Waals surface area contributed by atoms with Gasteiger partial charge in [-0.05, 0) is 17.7 Å². The highest BCUT2D eigenvalue weighted by atomic mass is 16.7. The molecular weight excluding hydrogens is 262 g/mol. The van der Waals surface area contributed by atoms with Gasteiger partial charge >= 0.3 is 0 Å². The van der Waals surface area contributed by atoms with Gasteiger partial charge in [-0.25, -0.2) is 0 Å². The molecule has 1 rings (SSSR count). The van der Waals surface area contributed by atoms with Gasteiger partial charge in [-0.15, -0.1) is 0 Å². The minimum absolute atomic E-state index is 0.241.